The Morgan fingerprint density at radius 1 is 1.35 bits per heavy atom. The van der Waals surface area contributed by atoms with E-state index < -0.39 is 0 Å². The molecule has 17 heavy (non-hydrogen) atoms. The summed E-state index contributed by atoms with van der Waals surface area (Å²) >= 11 is 0. The van der Waals surface area contributed by atoms with E-state index in [1.165, 1.54) is 29.5 Å². The maximum Gasteiger partial charge on any atom is 0.124 e. The van der Waals surface area contributed by atoms with Gasteiger partial charge in [0.25, 0.3) is 0 Å². The lowest BCUT2D eigenvalue weighted by Crippen LogP contribution is -2.34. The van der Waals surface area contributed by atoms with Crippen LogP contribution in [0.25, 0.3) is 0 Å². The van der Waals surface area contributed by atoms with Gasteiger partial charge in [0.2, 0.25) is 0 Å². The molecule has 1 fully saturated rings. The number of rotatable bonds is 2. The van der Waals surface area contributed by atoms with Crippen molar-refractivity contribution in [3.63, 3.8) is 0 Å². The number of ether oxygens (including phenoxy) is 2. The van der Waals surface area contributed by atoms with E-state index in [0.717, 1.165) is 25.5 Å². The van der Waals surface area contributed by atoms with Gasteiger partial charge in [-0.15, -0.1) is 0 Å². The van der Waals surface area contributed by atoms with E-state index in [0.29, 0.717) is 0 Å². The van der Waals surface area contributed by atoms with Crippen LogP contribution in [0.3, 0.4) is 0 Å². The molecule has 0 aliphatic carbocycles. The maximum absolute atomic E-state index is 5.58. The van der Waals surface area contributed by atoms with Gasteiger partial charge in [-0.25, -0.2) is 0 Å². The Bertz CT molecular complexity index is 436. The second kappa shape index (κ2) is 4.00. The van der Waals surface area contributed by atoms with Gasteiger partial charge < -0.3 is 14.8 Å². The fourth-order valence-electron chi connectivity index (χ4n) is 3.12. The summed E-state index contributed by atoms with van der Waals surface area (Å²) in [4.78, 5) is 0. The molecular weight excluding hydrogens is 214 g/mol. The molecular formula is C14H19NO2. The van der Waals surface area contributed by atoms with Crippen LogP contribution in [0.5, 0.6) is 5.75 Å². The van der Waals surface area contributed by atoms with Crippen molar-refractivity contribution in [2.75, 3.05) is 13.7 Å². The zero-order valence-electron chi connectivity index (χ0n) is 10.5. The molecule has 1 aromatic carbocycles. The van der Waals surface area contributed by atoms with Crippen LogP contribution in [0.1, 0.15) is 36.5 Å². The van der Waals surface area contributed by atoms with Crippen molar-refractivity contribution in [3.8, 4) is 5.75 Å². The zero-order chi connectivity index (χ0) is 11.9. The van der Waals surface area contributed by atoms with Gasteiger partial charge in [-0.2, -0.15) is 0 Å². The van der Waals surface area contributed by atoms with E-state index >= 15 is 0 Å². The third-order valence-corrected chi connectivity index (χ3v) is 4.02. The van der Waals surface area contributed by atoms with Gasteiger partial charge >= 0.3 is 0 Å². The second-order valence-electron chi connectivity index (χ2n) is 5.14. The minimum Gasteiger partial charge on any atom is -0.496 e. The number of nitrogens with one attached hydrogen (secondary N) is 1. The van der Waals surface area contributed by atoms with E-state index in [2.05, 4.69) is 24.4 Å². The highest BCUT2D eigenvalue weighted by Crippen LogP contribution is 2.41. The van der Waals surface area contributed by atoms with Gasteiger partial charge in [-0.3, -0.25) is 0 Å². The second-order valence-corrected chi connectivity index (χ2v) is 5.14. The summed E-state index contributed by atoms with van der Waals surface area (Å²) in [5, 5.41) is 3.62. The molecule has 0 aromatic heterocycles. The topological polar surface area (TPSA) is 30.5 Å². The van der Waals surface area contributed by atoms with Crippen molar-refractivity contribution < 1.29 is 9.47 Å². The normalized spacial score (nSPS) is 27.2. The van der Waals surface area contributed by atoms with E-state index in [1.807, 2.05) is 0 Å². The summed E-state index contributed by atoms with van der Waals surface area (Å²) in [5.41, 5.74) is 4.01. The van der Waals surface area contributed by atoms with Gasteiger partial charge in [-0.1, -0.05) is 6.07 Å². The Labute approximate surface area is 102 Å². The predicted molar refractivity (Wildman–Crippen MR) is 66.1 cm³/mol. The third kappa shape index (κ3) is 1.65. The fourth-order valence-corrected chi connectivity index (χ4v) is 3.12. The zero-order valence-corrected chi connectivity index (χ0v) is 10.5. The molecule has 0 spiro atoms. The lowest BCUT2D eigenvalue weighted by molar-refractivity contribution is 0.133. The summed E-state index contributed by atoms with van der Waals surface area (Å²) < 4.78 is 11.1. The van der Waals surface area contributed by atoms with Crippen molar-refractivity contribution in [1.29, 1.82) is 0 Å². The molecule has 1 saturated heterocycles. The molecule has 1 unspecified atom stereocenters. The molecule has 0 saturated carbocycles. The first-order valence-corrected chi connectivity index (χ1v) is 6.26. The molecule has 3 heteroatoms. The molecule has 1 atom stereocenters. The molecule has 0 amide bonds. The number of fused-ring (bicyclic) bond motifs is 1. The summed E-state index contributed by atoms with van der Waals surface area (Å²) in [5.74, 6) is 0.992. The molecule has 2 heterocycles. The highest BCUT2D eigenvalue weighted by atomic mass is 16.5. The van der Waals surface area contributed by atoms with Crippen LogP contribution in [0, 0.1) is 0 Å². The van der Waals surface area contributed by atoms with Gasteiger partial charge in [0.1, 0.15) is 5.75 Å². The summed E-state index contributed by atoms with van der Waals surface area (Å²) in [7, 11) is 1.75. The van der Waals surface area contributed by atoms with Crippen molar-refractivity contribution in [2.24, 2.45) is 0 Å². The molecule has 1 aromatic rings. The summed E-state index contributed by atoms with van der Waals surface area (Å²) in [6, 6.07) is 4.21. The molecule has 2 aliphatic rings. The Hall–Kier alpha value is -1.06. The first kappa shape index (κ1) is 11.1. The Morgan fingerprint density at radius 2 is 2.24 bits per heavy atom. The van der Waals surface area contributed by atoms with Crippen molar-refractivity contribution in [3.05, 3.63) is 28.8 Å². The van der Waals surface area contributed by atoms with Crippen molar-refractivity contribution in [2.45, 2.75) is 38.5 Å². The number of benzene rings is 1. The first-order chi connectivity index (χ1) is 8.24. The monoisotopic (exact) mass is 233 g/mol. The van der Waals surface area contributed by atoms with Crippen LogP contribution in [0.4, 0.5) is 0 Å². The van der Waals surface area contributed by atoms with Crippen LogP contribution < -0.4 is 10.1 Å². The van der Waals surface area contributed by atoms with Crippen LogP contribution in [-0.2, 0) is 23.5 Å². The number of hydrogen-bond donors (Lipinski definition) is 1. The lowest BCUT2D eigenvalue weighted by atomic mass is 9.85. The Morgan fingerprint density at radius 3 is 2.94 bits per heavy atom. The summed E-state index contributed by atoms with van der Waals surface area (Å²) in [6.07, 6.45) is 2.39. The largest absolute Gasteiger partial charge is 0.496 e. The molecule has 3 nitrogen and oxygen atoms in total. The average Bonchev–Trinajstić information content (AvgIpc) is 2.96. The van der Waals surface area contributed by atoms with Gasteiger partial charge in [0.15, 0.2) is 0 Å². The van der Waals surface area contributed by atoms with Crippen LogP contribution in [0.2, 0.25) is 0 Å². The third-order valence-electron chi connectivity index (χ3n) is 4.02. The first-order valence-electron chi connectivity index (χ1n) is 6.26. The SMILES string of the molecule is COc1ccc2c(c1C1(C)CCCN1)COC2. The summed E-state index contributed by atoms with van der Waals surface area (Å²) in [6.45, 7) is 4.82. The molecule has 1 N–H and O–H groups in total. The van der Waals surface area contributed by atoms with E-state index in [4.69, 9.17) is 9.47 Å². The number of methoxy groups -OCH3 is 1. The van der Waals surface area contributed by atoms with Crippen molar-refractivity contribution in [1.82, 2.24) is 5.32 Å². The van der Waals surface area contributed by atoms with Gasteiger partial charge in [0, 0.05) is 11.1 Å². The van der Waals surface area contributed by atoms with Gasteiger partial charge in [0.05, 0.1) is 20.3 Å². The predicted octanol–water partition coefficient (Wildman–Crippen LogP) is 2.32. The van der Waals surface area contributed by atoms with Crippen LogP contribution >= 0.6 is 0 Å². The maximum atomic E-state index is 5.58. The fraction of sp³-hybridized carbons (Fsp3) is 0.571. The Kier molecular flexibility index (Phi) is 2.60. The van der Waals surface area contributed by atoms with Gasteiger partial charge in [-0.05, 0) is 43.5 Å². The molecule has 92 valence electrons. The molecule has 0 bridgehead atoms. The standard InChI is InChI=1S/C14H19NO2/c1-14(6-3-7-15-14)13-11-9-17-8-10(11)4-5-12(13)16-2/h4-5,15H,3,6-9H2,1-2H3. The lowest BCUT2D eigenvalue weighted by Gasteiger charge is -2.29. The highest BCUT2D eigenvalue weighted by molar-refractivity contribution is 5.50. The highest BCUT2D eigenvalue weighted by Gasteiger charge is 2.36. The molecule has 0 radical (unpaired) electrons. The van der Waals surface area contributed by atoms with E-state index in [9.17, 15) is 0 Å². The minimum atomic E-state index is 0.0460. The van der Waals surface area contributed by atoms with E-state index in [-0.39, 0.29) is 5.54 Å². The molecule has 2 aliphatic heterocycles. The Balaban J connectivity index is 2.16. The van der Waals surface area contributed by atoms with E-state index in [1.54, 1.807) is 7.11 Å². The quantitative estimate of drug-likeness (QED) is 0.850. The van der Waals surface area contributed by atoms with Crippen LogP contribution in [-0.4, -0.2) is 13.7 Å². The average molecular weight is 233 g/mol. The number of hydrogen-bond acceptors (Lipinski definition) is 3. The smallest absolute Gasteiger partial charge is 0.124 e. The molecule has 3 rings (SSSR count). The van der Waals surface area contributed by atoms with Crippen molar-refractivity contribution >= 4 is 0 Å². The minimum absolute atomic E-state index is 0.0460. The van der Waals surface area contributed by atoms with Crippen LogP contribution in [0.15, 0.2) is 12.1 Å².